The van der Waals surface area contributed by atoms with Gasteiger partial charge < -0.3 is 5.32 Å². The molecule has 1 saturated carbocycles. The summed E-state index contributed by atoms with van der Waals surface area (Å²) in [6, 6.07) is 3.01. The van der Waals surface area contributed by atoms with Gasteiger partial charge in [0.2, 0.25) is 0 Å². The van der Waals surface area contributed by atoms with E-state index in [-0.39, 0.29) is 0 Å². The third-order valence-electron chi connectivity index (χ3n) is 4.14. The van der Waals surface area contributed by atoms with E-state index in [0.29, 0.717) is 21.8 Å². The molecule has 0 aliphatic heterocycles. The molecule has 0 amide bonds. The second-order valence-corrected chi connectivity index (χ2v) is 6.56. The summed E-state index contributed by atoms with van der Waals surface area (Å²) in [5.41, 5.74) is 0.675. The largest absolute Gasteiger partial charge is 0.380 e. The van der Waals surface area contributed by atoms with Crippen molar-refractivity contribution in [2.45, 2.75) is 57.9 Å². The normalized spacial score (nSPS) is 23.4. The molecule has 0 bridgehead atoms. The molecule has 0 spiro atoms. The Labute approximate surface area is 130 Å². The van der Waals surface area contributed by atoms with Gasteiger partial charge in [-0.3, -0.25) is 0 Å². The third kappa shape index (κ3) is 4.26. The molecule has 2 atom stereocenters. The Bertz CT molecular complexity index is 427. The summed E-state index contributed by atoms with van der Waals surface area (Å²) in [6.45, 7) is 2.25. The highest BCUT2D eigenvalue weighted by Crippen LogP contribution is 2.34. The third-order valence-corrected chi connectivity index (χ3v) is 4.74. The predicted molar refractivity (Wildman–Crippen MR) is 85.3 cm³/mol. The summed E-state index contributed by atoms with van der Waals surface area (Å²) in [7, 11) is 0. The van der Waals surface area contributed by atoms with Gasteiger partial charge in [0.15, 0.2) is 0 Å². The molecule has 1 N–H and O–H groups in total. The first kappa shape index (κ1) is 15.9. The van der Waals surface area contributed by atoms with Gasteiger partial charge in [0.25, 0.3) is 0 Å². The molecule has 0 heterocycles. The smallest absolute Gasteiger partial charge is 0.126 e. The van der Waals surface area contributed by atoms with Gasteiger partial charge in [0.05, 0.1) is 15.7 Å². The Balaban J connectivity index is 2.00. The molecule has 0 saturated heterocycles. The van der Waals surface area contributed by atoms with Crippen molar-refractivity contribution >= 4 is 28.9 Å². The van der Waals surface area contributed by atoms with Crippen molar-refractivity contribution in [1.29, 1.82) is 0 Å². The number of benzene rings is 1. The van der Waals surface area contributed by atoms with Gasteiger partial charge in [0, 0.05) is 6.04 Å². The monoisotopic (exact) mass is 317 g/mol. The molecular formula is C16H22Cl2FN. The van der Waals surface area contributed by atoms with Crippen LogP contribution in [0.25, 0.3) is 0 Å². The average Bonchev–Trinajstić information content (AvgIpc) is 2.60. The summed E-state index contributed by atoms with van der Waals surface area (Å²) >= 11 is 12.2. The van der Waals surface area contributed by atoms with E-state index in [9.17, 15) is 4.39 Å². The molecule has 1 aromatic rings. The second kappa shape index (κ2) is 7.51. The van der Waals surface area contributed by atoms with Crippen LogP contribution in [0, 0.1) is 11.7 Å². The first-order valence-corrected chi connectivity index (χ1v) is 8.26. The van der Waals surface area contributed by atoms with Crippen LogP contribution >= 0.6 is 23.2 Å². The first-order chi connectivity index (χ1) is 9.60. The molecule has 1 nitrogen and oxygen atoms in total. The summed E-state index contributed by atoms with van der Waals surface area (Å²) < 4.78 is 13.2. The van der Waals surface area contributed by atoms with Gasteiger partial charge in [-0.1, -0.05) is 55.8 Å². The molecule has 1 fully saturated rings. The topological polar surface area (TPSA) is 12.0 Å². The van der Waals surface area contributed by atoms with Crippen LogP contribution in [0.3, 0.4) is 0 Å². The molecule has 20 heavy (non-hydrogen) atoms. The zero-order valence-corrected chi connectivity index (χ0v) is 13.4. The molecule has 112 valence electrons. The quantitative estimate of drug-likeness (QED) is 0.643. The Kier molecular flexibility index (Phi) is 5.98. The SMILES string of the molecule is CCCC1CCCC(Nc2c(Cl)cc(F)cc2Cl)CC1. The molecule has 2 rings (SSSR count). The average molecular weight is 318 g/mol. The van der Waals surface area contributed by atoms with Crippen molar-refractivity contribution in [2.75, 3.05) is 5.32 Å². The van der Waals surface area contributed by atoms with Gasteiger partial charge in [0.1, 0.15) is 5.82 Å². The highest BCUT2D eigenvalue weighted by atomic mass is 35.5. The Morgan fingerprint density at radius 2 is 1.85 bits per heavy atom. The lowest BCUT2D eigenvalue weighted by Gasteiger charge is -2.20. The maximum Gasteiger partial charge on any atom is 0.126 e. The summed E-state index contributed by atoms with van der Waals surface area (Å²) in [5, 5.41) is 4.15. The first-order valence-electron chi connectivity index (χ1n) is 7.51. The van der Waals surface area contributed by atoms with E-state index in [1.165, 1.54) is 44.2 Å². The minimum Gasteiger partial charge on any atom is -0.380 e. The van der Waals surface area contributed by atoms with E-state index in [2.05, 4.69) is 12.2 Å². The Hall–Kier alpha value is -0.470. The zero-order chi connectivity index (χ0) is 14.5. The number of halogens is 3. The van der Waals surface area contributed by atoms with Crippen molar-refractivity contribution in [3.63, 3.8) is 0 Å². The minimum atomic E-state index is -0.394. The van der Waals surface area contributed by atoms with Crippen LogP contribution in [-0.2, 0) is 0 Å². The van der Waals surface area contributed by atoms with E-state index in [4.69, 9.17) is 23.2 Å². The van der Waals surface area contributed by atoms with Crippen molar-refractivity contribution < 1.29 is 4.39 Å². The molecule has 1 aliphatic carbocycles. The van der Waals surface area contributed by atoms with Crippen LogP contribution in [0.5, 0.6) is 0 Å². The standard InChI is InChI=1S/C16H22Cl2FN/c1-2-4-11-5-3-6-13(8-7-11)20-16-14(17)9-12(19)10-15(16)18/h9-11,13,20H,2-8H2,1H3. The maximum atomic E-state index is 13.2. The minimum absolute atomic E-state index is 0.365. The van der Waals surface area contributed by atoms with E-state index >= 15 is 0 Å². The molecule has 1 aromatic carbocycles. The number of rotatable bonds is 4. The lowest BCUT2D eigenvalue weighted by molar-refractivity contribution is 0.422. The fourth-order valence-corrected chi connectivity index (χ4v) is 3.67. The molecule has 4 heteroatoms. The van der Waals surface area contributed by atoms with Crippen molar-refractivity contribution in [2.24, 2.45) is 5.92 Å². The van der Waals surface area contributed by atoms with E-state index in [1.54, 1.807) is 0 Å². The van der Waals surface area contributed by atoms with Crippen LogP contribution in [-0.4, -0.2) is 6.04 Å². The van der Waals surface area contributed by atoms with Gasteiger partial charge in [-0.25, -0.2) is 4.39 Å². The Morgan fingerprint density at radius 3 is 2.50 bits per heavy atom. The fraction of sp³-hybridized carbons (Fsp3) is 0.625. The van der Waals surface area contributed by atoms with Gasteiger partial charge in [-0.15, -0.1) is 0 Å². The summed E-state index contributed by atoms with van der Waals surface area (Å²) in [6.07, 6.45) is 8.65. The molecule has 2 unspecified atom stereocenters. The lowest BCUT2D eigenvalue weighted by atomic mass is 9.95. The van der Waals surface area contributed by atoms with E-state index in [1.807, 2.05) is 0 Å². The number of hydrogen-bond donors (Lipinski definition) is 1. The van der Waals surface area contributed by atoms with Gasteiger partial charge >= 0.3 is 0 Å². The van der Waals surface area contributed by atoms with Gasteiger partial charge in [-0.05, 0) is 37.3 Å². The molecular weight excluding hydrogens is 296 g/mol. The Morgan fingerprint density at radius 1 is 1.15 bits per heavy atom. The lowest BCUT2D eigenvalue weighted by Crippen LogP contribution is -2.19. The number of anilines is 1. The second-order valence-electron chi connectivity index (χ2n) is 5.75. The van der Waals surface area contributed by atoms with Crippen LogP contribution in [0.1, 0.15) is 51.9 Å². The summed E-state index contributed by atoms with van der Waals surface area (Å²) in [4.78, 5) is 0. The van der Waals surface area contributed by atoms with Crippen molar-refractivity contribution in [3.05, 3.63) is 28.0 Å². The van der Waals surface area contributed by atoms with Crippen molar-refractivity contribution in [3.8, 4) is 0 Å². The van der Waals surface area contributed by atoms with E-state index in [0.717, 1.165) is 18.8 Å². The van der Waals surface area contributed by atoms with Crippen LogP contribution in [0.4, 0.5) is 10.1 Å². The highest BCUT2D eigenvalue weighted by Gasteiger charge is 2.20. The highest BCUT2D eigenvalue weighted by molar-refractivity contribution is 6.39. The van der Waals surface area contributed by atoms with Gasteiger partial charge in [-0.2, -0.15) is 0 Å². The molecule has 0 aromatic heterocycles. The fourth-order valence-electron chi connectivity index (χ4n) is 3.10. The van der Waals surface area contributed by atoms with Crippen molar-refractivity contribution in [1.82, 2.24) is 0 Å². The number of hydrogen-bond acceptors (Lipinski definition) is 1. The zero-order valence-electron chi connectivity index (χ0n) is 11.9. The van der Waals surface area contributed by atoms with Crippen LogP contribution in [0.15, 0.2) is 12.1 Å². The predicted octanol–water partition coefficient (Wildman–Crippen LogP) is 6.29. The number of nitrogens with one attached hydrogen (secondary N) is 1. The van der Waals surface area contributed by atoms with Crippen LogP contribution < -0.4 is 5.32 Å². The van der Waals surface area contributed by atoms with E-state index < -0.39 is 5.82 Å². The summed E-state index contributed by atoms with van der Waals surface area (Å²) in [5.74, 6) is 0.459. The van der Waals surface area contributed by atoms with Crippen LogP contribution in [0.2, 0.25) is 10.0 Å². The maximum absolute atomic E-state index is 13.2. The molecule has 0 radical (unpaired) electrons. The molecule has 1 aliphatic rings.